The summed E-state index contributed by atoms with van der Waals surface area (Å²) in [6.07, 6.45) is 4.36. The first-order chi connectivity index (χ1) is 6.38. The van der Waals surface area contributed by atoms with Crippen LogP contribution >= 0.6 is 23.3 Å². The zero-order valence-electron chi connectivity index (χ0n) is 7.04. The van der Waals surface area contributed by atoms with Crippen LogP contribution in [0.2, 0.25) is 0 Å². The predicted octanol–water partition coefficient (Wildman–Crippen LogP) is 1.85. The lowest BCUT2D eigenvalue weighted by Crippen LogP contribution is -1.88. The number of hydrogen-bond donors (Lipinski definition) is 0. The lowest BCUT2D eigenvalue weighted by molar-refractivity contribution is 0.915. The largest absolute Gasteiger partial charge is 0.237 e. The van der Waals surface area contributed by atoms with Crippen molar-refractivity contribution in [1.29, 1.82) is 0 Å². The molecule has 68 valence electrons. The van der Waals surface area contributed by atoms with Crippen molar-refractivity contribution in [3.05, 3.63) is 23.7 Å². The smallest absolute Gasteiger partial charge is 0.172 e. The van der Waals surface area contributed by atoms with E-state index in [1.54, 1.807) is 27.9 Å². The van der Waals surface area contributed by atoms with Crippen LogP contribution in [0.3, 0.4) is 0 Å². The van der Waals surface area contributed by atoms with Crippen LogP contribution in [0.25, 0.3) is 0 Å². The third-order valence-electron chi connectivity index (χ3n) is 1.42. The third kappa shape index (κ3) is 2.07. The van der Waals surface area contributed by atoms with Crippen LogP contribution in [-0.2, 0) is 6.42 Å². The van der Waals surface area contributed by atoms with Crippen molar-refractivity contribution in [2.24, 2.45) is 0 Å². The van der Waals surface area contributed by atoms with E-state index < -0.39 is 0 Å². The summed E-state index contributed by atoms with van der Waals surface area (Å²) in [4.78, 5) is 8.26. The summed E-state index contributed by atoms with van der Waals surface area (Å²) in [5.41, 5.74) is 0. The van der Waals surface area contributed by atoms with Gasteiger partial charge in [0.25, 0.3) is 0 Å². The van der Waals surface area contributed by atoms with Crippen molar-refractivity contribution in [2.45, 2.75) is 17.7 Å². The van der Waals surface area contributed by atoms with Crippen molar-refractivity contribution in [2.75, 3.05) is 0 Å². The van der Waals surface area contributed by atoms with Crippen LogP contribution in [0.4, 0.5) is 0 Å². The van der Waals surface area contributed by atoms with Gasteiger partial charge in [-0.3, -0.25) is 0 Å². The molecule has 0 saturated carbocycles. The second-order valence-electron chi connectivity index (χ2n) is 2.31. The Bertz CT molecular complexity index is 368. The van der Waals surface area contributed by atoms with Crippen LogP contribution in [-0.4, -0.2) is 19.2 Å². The molecule has 4 nitrogen and oxygen atoms in total. The van der Waals surface area contributed by atoms with Crippen molar-refractivity contribution in [1.82, 2.24) is 19.2 Å². The SMILES string of the molecule is CCc1ncn(Sc2nccs2)n1. The maximum Gasteiger partial charge on any atom is 0.172 e. The van der Waals surface area contributed by atoms with E-state index in [0.717, 1.165) is 16.6 Å². The number of aryl methyl sites for hydroxylation is 1. The van der Waals surface area contributed by atoms with Crippen molar-refractivity contribution >= 4 is 23.3 Å². The van der Waals surface area contributed by atoms with E-state index in [1.807, 2.05) is 12.3 Å². The first-order valence-corrected chi connectivity index (χ1v) is 5.52. The first kappa shape index (κ1) is 8.71. The summed E-state index contributed by atoms with van der Waals surface area (Å²) in [6, 6.07) is 0. The minimum absolute atomic E-state index is 0.865. The molecule has 0 N–H and O–H groups in total. The van der Waals surface area contributed by atoms with E-state index >= 15 is 0 Å². The predicted molar refractivity (Wildman–Crippen MR) is 52.8 cm³/mol. The van der Waals surface area contributed by atoms with Gasteiger partial charge in [0.2, 0.25) is 0 Å². The molecule has 2 heterocycles. The summed E-state index contributed by atoms with van der Waals surface area (Å²) in [5, 5.41) is 6.18. The molecule has 0 atom stereocenters. The normalized spacial score (nSPS) is 10.5. The Balaban J connectivity index is 2.10. The standard InChI is InChI=1S/C7H8N4S2/c1-2-6-9-5-11(10-6)13-7-8-3-4-12-7/h3-5H,2H2,1H3. The summed E-state index contributed by atoms with van der Waals surface area (Å²) in [7, 11) is 0. The van der Waals surface area contributed by atoms with Gasteiger partial charge in [-0.25, -0.2) is 9.97 Å². The lowest BCUT2D eigenvalue weighted by atomic mass is 10.5. The van der Waals surface area contributed by atoms with Gasteiger partial charge in [0.05, 0.1) is 0 Å². The van der Waals surface area contributed by atoms with Gasteiger partial charge >= 0.3 is 0 Å². The second-order valence-corrected chi connectivity index (χ2v) is 4.40. The number of nitrogens with zero attached hydrogens (tertiary/aromatic N) is 4. The number of aromatic nitrogens is 4. The van der Waals surface area contributed by atoms with E-state index in [9.17, 15) is 0 Å². The van der Waals surface area contributed by atoms with Crippen LogP contribution in [0.15, 0.2) is 22.2 Å². The summed E-state index contributed by atoms with van der Waals surface area (Å²) in [6.45, 7) is 2.04. The number of rotatable bonds is 3. The fraction of sp³-hybridized carbons (Fsp3) is 0.286. The average molecular weight is 212 g/mol. The highest BCUT2D eigenvalue weighted by Gasteiger charge is 2.01. The molecule has 0 amide bonds. The zero-order valence-corrected chi connectivity index (χ0v) is 8.68. The maximum absolute atomic E-state index is 4.24. The highest BCUT2D eigenvalue weighted by molar-refractivity contribution is 7.99. The molecule has 2 rings (SSSR count). The monoisotopic (exact) mass is 212 g/mol. The molecular weight excluding hydrogens is 204 g/mol. The summed E-state index contributed by atoms with van der Waals surface area (Å²) >= 11 is 3.08. The summed E-state index contributed by atoms with van der Waals surface area (Å²) in [5.74, 6) is 0.865. The van der Waals surface area contributed by atoms with Crippen molar-refractivity contribution < 1.29 is 0 Å². The Kier molecular flexibility index (Phi) is 2.60. The highest BCUT2D eigenvalue weighted by atomic mass is 32.2. The quantitative estimate of drug-likeness (QED) is 0.779. The van der Waals surface area contributed by atoms with Crippen molar-refractivity contribution in [3.8, 4) is 0 Å². The minimum Gasteiger partial charge on any atom is -0.237 e. The average Bonchev–Trinajstić information content (AvgIpc) is 2.76. The molecule has 0 spiro atoms. The molecule has 0 saturated heterocycles. The van der Waals surface area contributed by atoms with Gasteiger partial charge in [-0.2, -0.15) is 4.09 Å². The highest BCUT2D eigenvalue weighted by Crippen LogP contribution is 2.20. The minimum atomic E-state index is 0.865. The Morgan fingerprint density at radius 2 is 2.46 bits per heavy atom. The van der Waals surface area contributed by atoms with Gasteiger partial charge in [0, 0.05) is 29.9 Å². The van der Waals surface area contributed by atoms with Gasteiger partial charge in [0.1, 0.15) is 6.33 Å². The van der Waals surface area contributed by atoms with Gasteiger partial charge in [-0.15, -0.1) is 16.4 Å². The number of thiazole rings is 1. The molecule has 0 bridgehead atoms. The van der Waals surface area contributed by atoms with Gasteiger partial charge in [-0.05, 0) is 0 Å². The Morgan fingerprint density at radius 3 is 3.08 bits per heavy atom. The topological polar surface area (TPSA) is 43.6 Å². The van der Waals surface area contributed by atoms with Gasteiger partial charge in [0.15, 0.2) is 10.2 Å². The molecule has 6 heteroatoms. The molecule has 0 aromatic carbocycles. The van der Waals surface area contributed by atoms with E-state index in [1.165, 1.54) is 11.9 Å². The molecule has 0 aliphatic heterocycles. The second kappa shape index (κ2) is 3.89. The van der Waals surface area contributed by atoms with E-state index in [2.05, 4.69) is 15.1 Å². The molecule has 0 aliphatic rings. The summed E-state index contributed by atoms with van der Waals surface area (Å²) < 4.78 is 2.71. The fourth-order valence-corrected chi connectivity index (χ4v) is 2.25. The lowest BCUT2D eigenvalue weighted by Gasteiger charge is -1.92. The van der Waals surface area contributed by atoms with E-state index in [4.69, 9.17) is 0 Å². The fourth-order valence-electron chi connectivity index (χ4n) is 0.823. The molecule has 0 radical (unpaired) electrons. The van der Waals surface area contributed by atoms with Crippen LogP contribution in [0, 0.1) is 0 Å². The molecule has 2 aromatic rings. The Hall–Kier alpha value is -0.880. The first-order valence-electron chi connectivity index (χ1n) is 3.87. The molecule has 13 heavy (non-hydrogen) atoms. The van der Waals surface area contributed by atoms with Crippen LogP contribution < -0.4 is 0 Å². The van der Waals surface area contributed by atoms with Crippen LogP contribution in [0.1, 0.15) is 12.7 Å². The van der Waals surface area contributed by atoms with E-state index in [0.29, 0.717) is 0 Å². The molecule has 0 aliphatic carbocycles. The van der Waals surface area contributed by atoms with E-state index in [-0.39, 0.29) is 0 Å². The van der Waals surface area contributed by atoms with Crippen molar-refractivity contribution in [3.63, 3.8) is 0 Å². The molecule has 0 unspecified atom stereocenters. The molecule has 0 fully saturated rings. The zero-order chi connectivity index (χ0) is 9.10. The molecule has 2 aromatic heterocycles. The Morgan fingerprint density at radius 1 is 1.54 bits per heavy atom. The third-order valence-corrected chi connectivity index (χ3v) is 3.12. The Labute approximate surface area is 84.2 Å². The van der Waals surface area contributed by atoms with Crippen LogP contribution in [0.5, 0.6) is 0 Å². The van der Waals surface area contributed by atoms with Gasteiger partial charge < -0.3 is 0 Å². The van der Waals surface area contributed by atoms with Gasteiger partial charge in [-0.1, -0.05) is 6.92 Å². The molecular formula is C7H8N4S2. The maximum atomic E-state index is 4.24. The number of hydrogen-bond acceptors (Lipinski definition) is 5.